The standard InChI is InChI=1S/C12H30N4/c1-12(10-13)11-16-8-4-3-7-15-9-5-6-14-2/h12,14-16H,3-11,13H2,1-2H3. The number of nitrogens with two attached hydrogens (primary N) is 1. The molecule has 0 bridgehead atoms. The lowest BCUT2D eigenvalue weighted by atomic mass is 10.2. The SMILES string of the molecule is CNCCCNCCCCNCC(C)CN. The highest BCUT2D eigenvalue weighted by Crippen LogP contribution is 1.89. The molecule has 4 nitrogen and oxygen atoms in total. The normalized spacial score (nSPS) is 12.9. The van der Waals surface area contributed by atoms with Crippen molar-refractivity contribution in [2.24, 2.45) is 11.7 Å². The van der Waals surface area contributed by atoms with Gasteiger partial charge in [0.2, 0.25) is 0 Å². The highest BCUT2D eigenvalue weighted by atomic mass is 14.9. The largest absolute Gasteiger partial charge is 0.330 e. The van der Waals surface area contributed by atoms with Crippen LogP contribution in [0.5, 0.6) is 0 Å². The predicted molar refractivity (Wildman–Crippen MR) is 71.7 cm³/mol. The Bertz CT molecular complexity index is 130. The Balaban J connectivity index is 2.93. The maximum atomic E-state index is 5.54. The van der Waals surface area contributed by atoms with Crippen molar-refractivity contribution in [1.82, 2.24) is 16.0 Å². The Morgan fingerprint density at radius 2 is 1.56 bits per heavy atom. The van der Waals surface area contributed by atoms with E-state index in [9.17, 15) is 0 Å². The quantitative estimate of drug-likeness (QED) is 0.361. The fourth-order valence-corrected chi connectivity index (χ4v) is 1.45. The van der Waals surface area contributed by atoms with E-state index in [2.05, 4.69) is 22.9 Å². The van der Waals surface area contributed by atoms with Crippen LogP contribution >= 0.6 is 0 Å². The van der Waals surface area contributed by atoms with Gasteiger partial charge in [-0.05, 0) is 71.5 Å². The summed E-state index contributed by atoms with van der Waals surface area (Å²) < 4.78 is 0. The Hall–Kier alpha value is -0.160. The molecule has 0 radical (unpaired) electrons. The summed E-state index contributed by atoms with van der Waals surface area (Å²) in [5, 5.41) is 10.0. The molecule has 16 heavy (non-hydrogen) atoms. The number of hydrogen-bond donors (Lipinski definition) is 4. The van der Waals surface area contributed by atoms with E-state index in [1.807, 2.05) is 7.05 Å². The fourth-order valence-electron chi connectivity index (χ4n) is 1.45. The molecule has 0 aromatic carbocycles. The Morgan fingerprint density at radius 3 is 2.19 bits per heavy atom. The molecule has 0 aliphatic heterocycles. The Labute approximate surface area is 101 Å². The van der Waals surface area contributed by atoms with E-state index in [4.69, 9.17) is 5.73 Å². The molecule has 0 aliphatic rings. The van der Waals surface area contributed by atoms with Crippen LogP contribution in [0.15, 0.2) is 0 Å². The van der Waals surface area contributed by atoms with Gasteiger partial charge in [0.05, 0.1) is 0 Å². The minimum atomic E-state index is 0.597. The molecular formula is C12H30N4. The summed E-state index contributed by atoms with van der Waals surface area (Å²) in [6.07, 6.45) is 3.71. The predicted octanol–water partition coefficient (Wildman–Crippen LogP) is 0.150. The second-order valence-electron chi connectivity index (χ2n) is 4.46. The number of hydrogen-bond acceptors (Lipinski definition) is 4. The first-order chi connectivity index (χ1) is 7.81. The van der Waals surface area contributed by atoms with Crippen molar-refractivity contribution in [2.75, 3.05) is 46.3 Å². The van der Waals surface area contributed by atoms with Crippen LogP contribution in [0.25, 0.3) is 0 Å². The third-order valence-electron chi connectivity index (χ3n) is 2.63. The average molecular weight is 230 g/mol. The lowest BCUT2D eigenvalue weighted by Gasteiger charge is -2.09. The molecular weight excluding hydrogens is 200 g/mol. The third kappa shape index (κ3) is 11.9. The lowest BCUT2D eigenvalue weighted by molar-refractivity contribution is 0.504. The molecule has 0 spiro atoms. The van der Waals surface area contributed by atoms with Crippen molar-refractivity contribution in [3.8, 4) is 0 Å². The van der Waals surface area contributed by atoms with E-state index in [1.165, 1.54) is 19.3 Å². The van der Waals surface area contributed by atoms with Crippen molar-refractivity contribution in [3.05, 3.63) is 0 Å². The van der Waals surface area contributed by atoms with E-state index in [0.717, 1.165) is 39.3 Å². The van der Waals surface area contributed by atoms with Crippen LogP contribution in [-0.4, -0.2) is 46.3 Å². The van der Waals surface area contributed by atoms with Gasteiger partial charge in [0, 0.05) is 0 Å². The third-order valence-corrected chi connectivity index (χ3v) is 2.63. The minimum absolute atomic E-state index is 0.597. The highest BCUT2D eigenvalue weighted by Gasteiger charge is 1.96. The molecule has 4 heteroatoms. The van der Waals surface area contributed by atoms with Gasteiger partial charge in [0.15, 0.2) is 0 Å². The van der Waals surface area contributed by atoms with E-state index in [1.54, 1.807) is 0 Å². The molecule has 0 aromatic rings. The van der Waals surface area contributed by atoms with Crippen LogP contribution < -0.4 is 21.7 Å². The maximum Gasteiger partial charge on any atom is -0.00111 e. The van der Waals surface area contributed by atoms with Crippen LogP contribution in [0.2, 0.25) is 0 Å². The molecule has 98 valence electrons. The van der Waals surface area contributed by atoms with Crippen LogP contribution in [0.3, 0.4) is 0 Å². The van der Waals surface area contributed by atoms with Gasteiger partial charge in [-0.1, -0.05) is 6.92 Å². The topological polar surface area (TPSA) is 62.1 Å². The monoisotopic (exact) mass is 230 g/mol. The first kappa shape index (κ1) is 15.8. The molecule has 1 atom stereocenters. The zero-order valence-electron chi connectivity index (χ0n) is 11.0. The van der Waals surface area contributed by atoms with Gasteiger partial charge in [0.1, 0.15) is 0 Å². The molecule has 1 unspecified atom stereocenters. The summed E-state index contributed by atoms with van der Waals surface area (Å²) in [4.78, 5) is 0. The van der Waals surface area contributed by atoms with E-state index >= 15 is 0 Å². The van der Waals surface area contributed by atoms with Gasteiger partial charge in [0.25, 0.3) is 0 Å². The van der Waals surface area contributed by atoms with Crippen LogP contribution in [0.4, 0.5) is 0 Å². The number of nitrogens with one attached hydrogen (secondary N) is 3. The molecule has 0 heterocycles. The second-order valence-corrected chi connectivity index (χ2v) is 4.46. The second kappa shape index (κ2) is 12.9. The van der Waals surface area contributed by atoms with E-state index in [-0.39, 0.29) is 0 Å². The minimum Gasteiger partial charge on any atom is -0.330 e. The van der Waals surface area contributed by atoms with Gasteiger partial charge in [-0.3, -0.25) is 0 Å². The first-order valence-corrected chi connectivity index (χ1v) is 6.57. The molecule has 0 saturated carbocycles. The molecule has 0 aromatic heterocycles. The van der Waals surface area contributed by atoms with Crippen LogP contribution in [0.1, 0.15) is 26.2 Å². The highest BCUT2D eigenvalue weighted by molar-refractivity contribution is 4.57. The van der Waals surface area contributed by atoms with Crippen molar-refractivity contribution in [2.45, 2.75) is 26.2 Å². The summed E-state index contributed by atoms with van der Waals surface area (Å²) in [6, 6.07) is 0. The maximum absolute atomic E-state index is 5.54. The summed E-state index contributed by atoms with van der Waals surface area (Å²) >= 11 is 0. The molecule has 5 N–H and O–H groups in total. The molecule has 0 fully saturated rings. The molecule has 0 rings (SSSR count). The summed E-state index contributed by atoms with van der Waals surface area (Å²) in [5.41, 5.74) is 5.54. The zero-order chi connectivity index (χ0) is 12.1. The van der Waals surface area contributed by atoms with Crippen molar-refractivity contribution >= 4 is 0 Å². The fraction of sp³-hybridized carbons (Fsp3) is 1.00. The smallest absolute Gasteiger partial charge is 0.00111 e. The molecule has 0 aliphatic carbocycles. The van der Waals surface area contributed by atoms with Gasteiger partial charge >= 0.3 is 0 Å². The van der Waals surface area contributed by atoms with Crippen LogP contribution in [0, 0.1) is 5.92 Å². The van der Waals surface area contributed by atoms with Gasteiger partial charge in [-0.15, -0.1) is 0 Å². The summed E-state index contributed by atoms with van der Waals surface area (Å²) in [6.45, 7) is 8.48. The Morgan fingerprint density at radius 1 is 0.938 bits per heavy atom. The Kier molecular flexibility index (Phi) is 12.8. The summed E-state index contributed by atoms with van der Waals surface area (Å²) in [7, 11) is 1.99. The number of rotatable bonds is 12. The van der Waals surface area contributed by atoms with Crippen LogP contribution in [-0.2, 0) is 0 Å². The van der Waals surface area contributed by atoms with Gasteiger partial charge < -0.3 is 21.7 Å². The van der Waals surface area contributed by atoms with Crippen molar-refractivity contribution < 1.29 is 0 Å². The molecule has 0 saturated heterocycles. The van der Waals surface area contributed by atoms with Gasteiger partial charge in [-0.25, -0.2) is 0 Å². The summed E-state index contributed by atoms with van der Waals surface area (Å²) in [5.74, 6) is 0.597. The van der Waals surface area contributed by atoms with Gasteiger partial charge in [-0.2, -0.15) is 0 Å². The number of unbranched alkanes of at least 4 members (excludes halogenated alkanes) is 1. The van der Waals surface area contributed by atoms with Crippen molar-refractivity contribution in [1.29, 1.82) is 0 Å². The van der Waals surface area contributed by atoms with E-state index < -0.39 is 0 Å². The van der Waals surface area contributed by atoms with Crippen molar-refractivity contribution in [3.63, 3.8) is 0 Å². The lowest BCUT2D eigenvalue weighted by Crippen LogP contribution is -2.27. The first-order valence-electron chi connectivity index (χ1n) is 6.57. The van der Waals surface area contributed by atoms with E-state index in [0.29, 0.717) is 5.92 Å². The molecule has 0 amide bonds. The zero-order valence-corrected chi connectivity index (χ0v) is 11.0. The average Bonchev–Trinajstić information content (AvgIpc) is 2.31.